The standard InChI is InChI=1S/C17H22BrN3O2/c1-12(20-23-11-13-9-7-6-8-10-13)17(18)14(16(2,3)4)19-21(5)15(17)22/h6-10H,11H2,1-5H3/b20-12+. The lowest BCUT2D eigenvalue weighted by Gasteiger charge is -2.28. The van der Waals surface area contributed by atoms with E-state index in [1.165, 1.54) is 5.01 Å². The first-order valence-corrected chi connectivity index (χ1v) is 8.24. The maximum absolute atomic E-state index is 12.6. The van der Waals surface area contributed by atoms with Gasteiger partial charge in [-0.05, 0) is 12.5 Å². The van der Waals surface area contributed by atoms with Gasteiger partial charge >= 0.3 is 0 Å². The van der Waals surface area contributed by atoms with Crippen LogP contribution >= 0.6 is 15.9 Å². The third kappa shape index (κ3) is 3.47. The van der Waals surface area contributed by atoms with Gasteiger partial charge in [-0.3, -0.25) is 4.79 Å². The maximum atomic E-state index is 12.6. The molecule has 6 heteroatoms. The number of benzene rings is 1. The monoisotopic (exact) mass is 379 g/mol. The van der Waals surface area contributed by atoms with Crippen molar-refractivity contribution in [3.05, 3.63) is 35.9 Å². The first kappa shape index (κ1) is 17.7. The highest BCUT2D eigenvalue weighted by Crippen LogP contribution is 2.38. The fourth-order valence-corrected chi connectivity index (χ4v) is 3.43. The van der Waals surface area contributed by atoms with Crippen LogP contribution in [0.25, 0.3) is 0 Å². The molecule has 1 aromatic carbocycles. The van der Waals surface area contributed by atoms with Crippen molar-refractivity contribution in [1.29, 1.82) is 0 Å². The number of hydrogen-bond donors (Lipinski definition) is 0. The van der Waals surface area contributed by atoms with E-state index in [2.05, 4.69) is 26.2 Å². The smallest absolute Gasteiger partial charge is 0.271 e. The van der Waals surface area contributed by atoms with Gasteiger partial charge < -0.3 is 4.84 Å². The summed E-state index contributed by atoms with van der Waals surface area (Å²) in [5, 5.41) is 9.91. The van der Waals surface area contributed by atoms with Crippen molar-refractivity contribution < 1.29 is 9.63 Å². The van der Waals surface area contributed by atoms with Gasteiger partial charge in [0.2, 0.25) is 0 Å². The summed E-state index contributed by atoms with van der Waals surface area (Å²) in [6.07, 6.45) is 0. The fraction of sp³-hybridized carbons (Fsp3) is 0.471. The van der Waals surface area contributed by atoms with Crippen molar-refractivity contribution in [2.24, 2.45) is 15.7 Å². The van der Waals surface area contributed by atoms with Gasteiger partial charge in [0.05, 0.1) is 11.4 Å². The van der Waals surface area contributed by atoms with Gasteiger partial charge in [0, 0.05) is 12.5 Å². The molecule has 0 aliphatic carbocycles. The Morgan fingerprint density at radius 1 is 1.35 bits per heavy atom. The zero-order valence-electron chi connectivity index (χ0n) is 14.1. The van der Waals surface area contributed by atoms with Gasteiger partial charge in [-0.25, -0.2) is 5.01 Å². The summed E-state index contributed by atoms with van der Waals surface area (Å²) in [6.45, 7) is 8.19. The Bertz CT molecular complexity index is 650. The average Bonchev–Trinajstić information content (AvgIpc) is 2.73. The highest BCUT2D eigenvalue weighted by molar-refractivity contribution is 9.11. The Morgan fingerprint density at radius 3 is 2.52 bits per heavy atom. The molecule has 0 radical (unpaired) electrons. The molecule has 1 aromatic rings. The molecule has 0 aromatic heterocycles. The van der Waals surface area contributed by atoms with Crippen molar-refractivity contribution in [3.63, 3.8) is 0 Å². The number of oxime groups is 1. The van der Waals surface area contributed by atoms with E-state index in [0.717, 1.165) is 11.3 Å². The maximum Gasteiger partial charge on any atom is 0.271 e. The predicted molar refractivity (Wildman–Crippen MR) is 95.7 cm³/mol. The lowest BCUT2D eigenvalue weighted by molar-refractivity contribution is -0.127. The molecule has 23 heavy (non-hydrogen) atoms. The number of alkyl halides is 1. The van der Waals surface area contributed by atoms with Gasteiger partial charge in [0.15, 0.2) is 4.32 Å². The number of carbonyl (C=O) groups excluding carboxylic acids is 1. The zero-order valence-corrected chi connectivity index (χ0v) is 15.7. The van der Waals surface area contributed by atoms with E-state index in [4.69, 9.17) is 4.84 Å². The first-order chi connectivity index (χ1) is 10.7. The Labute approximate surface area is 145 Å². The van der Waals surface area contributed by atoms with E-state index < -0.39 is 4.32 Å². The van der Waals surface area contributed by atoms with Gasteiger partial charge in [-0.1, -0.05) is 72.2 Å². The number of amides is 1. The van der Waals surface area contributed by atoms with Gasteiger partial charge in [-0.2, -0.15) is 5.10 Å². The lowest BCUT2D eigenvalue weighted by Crippen LogP contribution is -2.50. The van der Waals surface area contributed by atoms with E-state index >= 15 is 0 Å². The van der Waals surface area contributed by atoms with Gasteiger partial charge in [0.25, 0.3) is 5.91 Å². The van der Waals surface area contributed by atoms with Crippen molar-refractivity contribution >= 4 is 33.3 Å². The third-order valence-electron chi connectivity index (χ3n) is 3.65. The lowest BCUT2D eigenvalue weighted by atomic mass is 9.80. The molecule has 124 valence electrons. The minimum atomic E-state index is -1.04. The Balaban J connectivity index is 2.21. The summed E-state index contributed by atoms with van der Waals surface area (Å²) in [4.78, 5) is 18.0. The molecule has 0 spiro atoms. The van der Waals surface area contributed by atoms with E-state index in [0.29, 0.717) is 12.3 Å². The van der Waals surface area contributed by atoms with Crippen LogP contribution in [0.15, 0.2) is 40.6 Å². The second-order valence-electron chi connectivity index (χ2n) is 6.62. The number of rotatable bonds is 4. The Morgan fingerprint density at radius 2 is 1.96 bits per heavy atom. The molecule has 5 nitrogen and oxygen atoms in total. The van der Waals surface area contributed by atoms with Crippen LogP contribution in [0.5, 0.6) is 0 Å². The molecule has 1 heterocycles. The number of nitrogens with zero attached hydrogens (tertiary/aromatic N) is 3. The quantitative estimate of drug-likeness (QED) is 0.456. The van der Waals surface area contributed by atoms with Crippen LogP contribution in [0, 0.1) is 5.41 Å². The van der Waals surface area contributed by atoms with Crippen LogP contribution in [0.2, 0.25) is 0 Å². The number of halogens is 1. The topological polar surface area (TPSA) is 54.3 Å². The molecule has 1 aliphatic rings. The molecular weight excluding hydrogens is 358 g/mol. The molecule has 1 amide bonds. The Hall–Kier alpha value is -1.69. The molecule has 2 rings (SSSR count). The van der Waals surface area contributed by atoms with Crippen LogP contribution in [0.4, 0.5) is 0 Å². The summed E-state index contributed by atoms with van der Waals surface area (Å²) in [7, 11) is 1.65. The number of hydrogen-bond acceptors (Lipinski definition) is 4. The molecule has 0 bridgehead atoms. The average molecular weight is 380 g/mol. The van der Waals surface area contributed by atoms with Crippen LogP contribution in [0.3, 0.4) is 0 Å². The van der Waals surface area contributed by atoms with E-state index in [-0.39, 0.29) is 11.3 Å². The van der Waals surface area contributed by atoms with Crippen molar-refractivity contribution in [3.8, 4) is 0 Å². The Kier molecular flexibility index (Phi) is 4.94. The summed E-state index contributed by atoms with van der Waals surface area (Å²) >= 11 is 3.57. The highest BCUT2D eigenvalue weighted by Gasteiger charge is 2.54. The van der Waals surface area contributed by atoms with Crippen LogP contribution in [-0.4, -0.2) is 33.7 Å². The summed E-state index contributed by atoms with van der Waals surface area (Å²) in [5.41, 5.74) is 2.01. The molecule has 0 N–H and O–H groups in total. The van der Waals surface area contributed by atoms with Crippen molar-refractivity contribution in [2.45, 2.75) is 38.6 Å². The second-order valence-corrected chi connectivity index (χ2v) is 7.81. The summed E-state index contributed by atoms with van der Waals surface area (Å²) in [6, 6.07) is 9.77. The summed E-state index contributed by atoms with van der Waals surface area (Å²) in [5.74, 6) is -0.160. The molecule has 0 saturated carbocycles. The molecule has 0 saturated heterocycles. The van der Waals surface area contributed by atoms with E-state index in [9.17, 15) is 4.79 Å². The van der Waals surface area contributed by atoms with E-state index in [1.807, 2.05) is 51.1 Å². The molecule has 1 aliphatic heterocycles. The van der Waals surface area contributed by atoms with Gasteiger partial charge in [-0.15, -0.1) is 0 Å². The largest absolute Gasteiger partial charge is 0.391 e. The predicted octanol–water partition coefficient (Wildman–Crippen LogP) is 3.59. The fourth-order valence-electron chi connectivity index (χ4n) is 2.42. The molecule has 1 atom stereocenters. The number of hydrazone groups is 1. The zero-order chi connectivity index (χ0) is 17.3. The second kappa shape index (κ2) is 6.43. The third-order valence-corrected chi connectivity index (χ3v) is 4.94. The van der Waals surface area contributed by atoms with Crippen LogP contribution in [0.1, 0.15) is 33.3 Å². The SMILES string of the molecule is C/C(=N\OCc1ccccc1)C1(Br)C(=O)N(C)N=C1C(C)(C)C. The van der Waals surface area contributed by atoms with Crippen molar-refractivity contribution in [1.82, 2.24) is 5.01 Å². The molecule has 0 fully saturated rings. The molecule has 1 unspecified atom stereocenters. The van der Waals surface area contributed by atoms with Crippen LogP contribution < -0.4 is 0 Å². The van der Waals surface area contributed by atoms with E-state index in [1.54, 1.807) is 14.0 Å². The number of carbonyl (C=O) groups is 1. The summed E-state index contributed by atoms with van der Waals surface area (Å²) < 4.78 is -1.04. The van der Waals surface area contributed by atoms with Crippen LogP contribution in [-0.2, 0) is 16.2 Å². The first-order valence-electron chi connectivity index (χ1n) is 7.45. The minimum Gasteiger partial charge on any atom is -0.391 e. The normalized spacial score (nSPS) is 22.3. The minimum absolute atomic E-state index is 0.160. The van der Waals surface area contributed by atoms with Gasteiger partial charge in [0.1, 0.15) is 6.61 Å². The molecular formula is C17H22BrN3O2. The van der Waals surface area contributed by atoms with Crippen molar-refractivity contribution in [2.75, 3.05) is 7.05 Å². The highest BCUT2D eigenvalue weighted by atomic mass is 79.9.